The molecule has 1 aliphatic heterocycles. The normalized spacial score (nSPS) is 23.7. The number of nitrogens with zero attached hydrogens (tertiary/aromatic N) is 2. The molecule has 1 saturated heterocycles. The van der Waals surface area contributed by atoms with Crippen molar-refractivity contribution in [3.8, 4) is 0 Å². The maximum Gasteiger partial charge on any atom is 0.0484 e. The van der Waals surface area contributed by atoms with Crippen LogP contribution >= 0.6 is 0 Å². The highest BCUT2D eigenvalue weighted by atomic mass is 15.2. The van der Waals surface area contributed by atoms with E-state index >= 15 is 0 Å². The van der Waals surface area contributed by atoms with Crippen LogP contribution in [0.4, 0.5) is 0 Å². The van der Waals surface area contributed by atoms with Gasteiger partial charge in [0.1, 0.15) is 0 Å². The van der Waals surface area contributed by atoms with E-state index in [9.17, 15) is 0 Å². The van der Waals surface area contributed by atoms with Crippen LogP contribution in [0.25, 0.3) is 0 Å². The van der Waals surface area contributed by atoms with E-state index in [1.54, 1.807) is 0 Å². The minimum atomic E-state index is 0.473. The Morgan fingerprint density at radius 1 is 1.47 bits per heavy atom. The third kappa shape index (κ3) is 2.55. The van der Waals surface area contributed by atoms with Crippen molar-refractivity contribution in [3.05, 3.63) is 29.6 Å². The van der Waals surface area contributed by atoms with Gasteiger partial charge in [0.05, 0.1) is 0 Å². The predicted molar refractivity (Wildman–Crippen MR) is 61.8 cm³/mol. The third-order valence-electron chi connectivity index (χ3n) is 3.05. The minimum absolute atomic E-state index is 0.473. The molecule has 3 heteroatoms. The van der Waals surface area contributed by atoms with Crippen molar-refractivity contribution in [2.75, 3.05) is 26.7 Å². The van der Waals surface area contributed by atoms with Crippen LogP contribution in [0.3, 0.4) is 0 Å². The first-order valence-corrected chi connectivity index (χ1v) is 5.61. The number of hydrogen-bond acceptors (Lipinski definition) is 3. The minimum Gasteiger partial charge on any atom is -0.315 e. The van der Waals surface area contributed by atoms with Gasteiger partial charge in [-0.05, 0) is 45.1 Å². The lowest BCUT2D eigenvalue weighted by molar-refractivity contribution is 0.261. The molecule has 1 aromatic rings. The molecule has 0 amide bonds. The van der Waals surface area contributed by atoms with Crippen LogP contribution in [0.5, 0.6) is 0 Å². The van der Waals surface area contributed by atoms with Crippen LogP contribution in [0.2, 0.25) is 0 Å². The van der Waals surface area contributed by atoms with Crippen molar-refractivity contribution < 1.29 is 0 Å². The number of pyridine rings is 1. The lowest BCUT2D eigenvalue weighted by Gasteiger charge is -2.25. The smallest absolute Gasteiger partial charge is 0.0484 e. The molecule has 0 spiro atoms. The van der Waals surface area contributed by atoms with Crippen LogP contribution in [-0.4, -0.2) is 36.6 Å². The third-order valence-corrected chi connectivity index (χ3v) is 3.05. The number of nitrogens with one attached hydrogen (secondary N) is 1. The number of hydrogen-bond donors (Lipinski definition) is 1. The van der Waals surface area contributed by atoms with Gasteiger partial charge in [0.25, 0.3) is 0 Å². The molecule has 15 heavy (non-hydrogen) atoms. The Bertz CT molecular complexity index is 307. The van der Waals surface area contributed by atoms with E-state index in [1.165, 1.54) is 12.0 Å². The fourth-order valence-electron chi connectivity index (χ4n) is 2.05. The summed E-state index contributed by atoms with van der Waals surface area (Å²) in [6.07, 6.45) is 3.23. The zero-order valence-corrected chi connectivity index (χ0v) is 9.53. The molecule has 2 heterocycles. The van der Waals surface area contributed by atoms with Gasteiger partial charge in [-0.3, -0.25) is 9.88 Å². The van der Waals surface area contributed by atoms with Crippen LogP contribution in [-0.2, 0) is 0 Å². The van der Waals surface area contributed by atoms with Crippen LogP contribution in [0.15, 0.2) is 18.3 Å². The number of aryl methyl sites for hydroxylation is 1. The van der Waals surface area contributed by atoms with Crippen molar-refractivity contribution in [2.45, 2.75) is 19.4 Å². The van der Waals surface area contributed by atoms with Crippen LogP contribution in [0.1, 0.15) is 23.7 Å². The first kappa shape index (κ1) is 10.6. The fraction of sp³-hybridized carbons (Fsp3) is 0.583. The van der Waals surface area contributed by atoms with E-state index in [0.29, 0.717) is 6.04 Å². The molecule has 82 valence electrons. The van der Waals surface area contributed by atoms with Gasteiger partial charge in [0, 0.05) is 24.5 Å². The van der Waals surface area contributed by atoms with E-state index in [-0.39, 0.29) is 0 Å². The molecule has 1 N–H and O–H groups in total. The SMILES string of the molecule is Cc1ccc(C2CNCCCN2C)cn1. The van der Waals surface area contributed by atoms with Gasteiger partial charge in [-0.25, -0.2) is 0 Å². The van der Waals surface area contributed by atoms with E-state index in [0.717, 1.165) is 25.3 Å². The molecule has 0 bridgehead atoms. The zero-order valence-electron chi connectivity index (χ0n) is 9.53. The Morgan fingerprint density at radius 3 is 3.07 bits per heavy atom. The largest absolute Gasteiger partial charge is 0.315 e. The fourth-order valence-corrected chi connectivity index (χ4v) is 2.05. The second kappa shape index (κ2) is 4.73. The van der Waals surface area contributed by atoms with Crippen molar-refractivity contribution in [1.29, 1.82) is 0 Å². The topological polar surface area (TPSA) is 28.2 Å². The van der Waals surface area contributed by atoms with Gasteiger partial charge in [0.15, 0.2) is 0 Å². The van der Waals surface area contributed by atoms with Gasteiger partial charge in [-0.1, -0.05) is 6.07 Å². The summed E-state index contributed by atoms with van der Waals surface area (Å²) in [4.78, 5) is 6.77. The molecule has 1 aliphatic rings. The van der Waals surface area contributed by atoms with E-state index in [1.807, 2.05) is 13.1 Å². The highest BCUT2D eigenvalue weighted by Crippen LogP contribution is 2.19. The summed E-state index contributed by atoms with van der Waals surface area (Å²) in [6, 6.07) is 4.76. The number of aromatic nitrogens is 1. The monoisotopic (exact) mass is 205 g/mol. The summed E-state index contributed by atoms with van der Waals surface area (Å²) in [7, 11) is 2.19. The number of likely N-dealkylation sites (N-methyl/N-ethyl adjacent to an activating group) is 1. The molecular formula is C12H19N3. The summed E-state index contributed by atoms with van der Waals surface area (Å²) in [6.45, 7) is 5.34. The standard InChI is InChI=1S/C12H19N3/c1-10-4-5-11(8-14-10)12-9-13-6-3-7-15(12)2/h4-5,8,12-13H,3,6-7,9H2,1-2H3. The van der Waals surface area contributed by atoms with Crippen LogP contribution in [0, 0.1) is 6.92 Å². The Balaban J connectivity index is 2.16. The van der Waals surface area contributed by atoms with Gasteiger partial charge in [-0.2, -0.15) is 0 Å². The molecule has 1 unspecified atom stereocenters. The maximum atomic E-state index is 4.36. The predicted octanol–water partition coefficient (Wildman–Crippen LogP) is 1.36. The Labute approximate surface area is 91.5 Å². The van der Waals surface area contributed by atoms with E-state index < -0.39 is 0 Å². The molecule has 1 atom stereocenters. The average molecular weight is 205 g/mol. The van der Waals surface area contributed by atoms with Crippen molar-refractivity contribution in [3.63, 3.8) is 0 Å². The van der Waals surface area contributed by atoms with Gasteiger partial charge < -0.3 is 5.32 Å². The molecule has 1 aromatic heterocycles. The maximum absolute atomic E-state index is 4.36. The summed E-state index contributed by atoms with van der Waals surface area (Å²) < 4.78 is 0. The summed E-state index contributed by atoms with van der Waals surface area (Å²) in [5.41, 5.74) is 2.40. The van der Waals surface area contributed by atoms with Crippen molar-refractivity contribution in [1.82, 2.24) is 15.2 Å². The molecule has 0 saturated carbocycles. The van der Waals surface area contributed by atoms with Crippen molar-refractivity contribution >= 4 is 0 Å². The highest BCUT2D eigenvalue weighted by Gasteiger charge is 2.18. The van der Waals surface area contributed by atoms with Crippen LogP contribution < -0.4 is 5.32 Å². The first-order valence-electron chi connectivity index (χ1n) is 5.61. The quantitative estimate of drug-likeness (QED) is 0.750. The van der Waals surface area contributed by atoms with E-state index in [4.69, 9.17) is 0 Å². The van der Waals surface area contributed by atoms with Gasteiger partial charge in [0.2, 0.25) is 0 Å². The molecule has 3 nitrogen and oxygen atoms in total. The Hall–Kier alpha value is -0.930. The van der Waals surface area contributed by atoms with Gasteiger partial charge in [-0.15, -0.1) is 0 Å². The Morgan fingerprint density at radius 2 is 2.33 bits per heavy atom. The summed E-state index contributed by atoms with van der Waals surface area (Å²) in [5, 5.41) is 3.47. The molecule has 0 aliphatic carbocycles. The zero-order chi connectivity index (χ0) is 10.7. The Kier molecular flexibility index (Phi) is 3.34. The average Bonchev–Trinajstić information content (AvgIpc) is 2.44. The molecule has 0 aromatic carbocycles. The molecule has 2 rings (SSSR count). The second-order valence-corrected chi connectivity index (χ2v) is 4.29. The summed E-state index contributed by atoms with van der Waals surface area (Å²) in [5.74, 6) is 0. The van der Waals surface area contributed by atoms with Gasteiger partial charge >= 0.3 is 0 Å². The molecule has 0 radical (unpaired) electrons. The second-order valence-electron chi connectivity index (χ2n) is 4.29. The molecule has 1 fully saturated rings. The number of rotatable bonds is 1. The van der Waals surface area contributed by atoms with E-state index in [2.05, 4.69) is 34.4 Å². The van der Waals surface area contributed by atoms with Crippen molar-refractivity contribution in [2.24, 2.45) is 0 Å². The highest BCUT2D eigenvalue weighted by molar-refractivity contribution is 5.18. The first-order chi connectivity index (χ1) is 7.27. The lowest BCUT2D eigenvalue weighted by Crippen LogP contribution is -2.29. The molecular weight excluding hydrogens is 186 g/mol. The lowest BCUT2D eigenvalue weighted by atomic mass is 10.1. The summed E-state index contributed by atoms with van der Waals surface area (Å²) >= 11 is 0.